The van der Waals surface area contributed by atoms with Crippen molar-refractivity contribution in [1.82, 2.24) is 4.98 Å². The van der Waals surface area contributed by atoms with Crippen LogP contribution in [0.3, 0.4) is 0 Å². The zero-order valence-electron chi connectivity index (χ0n) is 10.4. The molecule has 0 spiro atoms. The summed E-state index contributed by atoms with van der Waals surface area (Å²) in [5.74, 6) is -0.648. The zero-order chi connectivity index (χ0) is 14.8. The number of rotatable bonds is 2. The van der Waals surface area contributed by atoms with Crippen molar-refractivity contribution in [2.75, 3.05) is 7.11 Å². The summed E-state index contributed by atoms with van der Waals surface area (Å²) < 4.78 is 42.7. The van der Waals surface area contributed by atoms with Crippen LogP contribution in [0, 0.1) is 0 Å². The van der Waals surface area contributed by atoms with Crippen LogP contribution in [0.2, 0.25) is 0 Å². The number of aromatic nitrogens is 1. The van der Waals surface area contributed by atoms with Gasteiger partial charge >= 0.3 is 12.1 Å². The molecule has 0 N–H and O–H groups in total. The zero-order valence-corrected chi connectivity index (χ0v) is 10.4. The SMILES string of the molecule is COC(=O)c1cnccc1-c1cccc(C(F)(F)F)c1. The first-order chi connectivity index (χ1) is 9.43. The summed E-state index contributed by atoms with van der Waals surface area (Å²) >= 11 is 0. The van der Waals surface area contributed by atoms with Crippen molar-refractivity contribution in [2.45, 2.75) is 6.18 Å². The number of hydrogen-bond donors (Lipinski definition) is 0. The summed E-state index contributed by atoms with van der Waals surface area (Å²) in [6.45, 7) is 0. The first kappa shape index (κ1) is 14.0. The Bertz CT molecular complexity index is 638. The number of halogens is 3. The number of carbonyl (C=O) groups is 1. The molecule has 6 heteroatoms. The molecule has 0 aliphatic heterocycles. The molecule has 3 nitrogen and oxygen atoms in total. The third-order valence-corrected chi connectivity index (χ3v) is 2.73. The van der Waals surface area contributed by atoms with E-state index in [1.54, 1.807) is 0 Å². The summed E-state index contributed by atoms with van der Waals surface area (Å²) in [6.07, 6.45) is -1.77. The fourth-order valence-corrected chi connectivity index (χ4v) is 1.78. The molecule has 0 saturated heterocycles. The monoisotopic (exact) mass is 281 g/mol. The van der Waals surface area contributed by atoms with Crippen molar-refractivity contribution >= 4 is 5.97 Å². The standard InChI is InChI=1S/C14H10F3NO2/c1-20-13(19)12-8-18-6-5-11(12)9-3-2-4-10(7-9)14(15,16)17/h2-8H,1H3. The van der Waals surface area contributed by atoms with E-state index in [0.717, 1.165) is 12.1 Å². The van der Waals surface area contributed by atoms with Gasteiger partial charge in [0.1, 0.15) is 0 Å². The second-order valence-corrected chi connectivity index (χ2v) is 3.99. The lowest BCUT2D eigenvalue weighted by Crippen LogP contribution is -2.06. The highest BCUT2D eigenvalue weighted by Crippen LogP contribution is 2.33. The predicted molar refractivity (Wildman–Crippen MR) is 66.0 cm³/mol. The van der Waals surface area contributed by atoms with Gasteiger partial charge in [-0.3, -0.25) is 4.98 Å². The normalized spacial score (nSPS) is 11.2. The van der Waals surface area contributed by atoms with Crippen LogP contribution in [-0.2, 0) is 10.9 Å². The highest BCUT2D eigenvalue weighted by molar-refractivity contribution is 5.96. The van der Waals surface area contributed by atoms with Crippen molar-refractivity contribution in [2.24, 2.45) is 0 Å². The van der Waals surface area contributed by atoms with Crippen LogP contribution in [0.15, 0.2) is 42.7 Å². The lowest BCUT2D eigenvalue weighted by atomic mass is 10.00. The second-order valence-electron chi connectivity index (χ2n) is 3.99. The van der Waals surface area contributed by atoms with Gasteiger partial charge < -0.3 is 4.74 Å². The number of esters is 1. The van der Waals surface area contributed by atoms with Gasteiger partial charge in [0.2, 0.25) is 0 Å². The third kappa shape index (κ3) is 2.79. The number of benzene rings is 1. The minimum atomic E-state index is -4.44. The molecule has 104 valence electrons. The van der Waals surface area contributed by atoms with E-state index in [1.807, 2.05) is 0 Å². The number of alkyl halides is 3. The number of hydrogen-bond acceptors (Lipinski definition) is 3. The molecule has 2 rings (SSSR count). The number of nitrogens with zero attached hydrogens (tertiary/aromatic N) is 1. The summed E-state index contributed by atoms with van der Waals surface area (Å²) in [4.78, 5) is 15.4. The molecule has 2 aromatic rings. The van der Waals surface area contributed by atoms with Crippen LogP contribution in [0.5, 0.6) is 0 Å². The topological polar surface area (TPSA) is 39.2 Å². The number of ether oxygens (including phenoxy) is 1. The third-order valence-electron chi connectivity index (χ3n) is 2.73. The minimum Gasteiger partial charge on any atom is -0.465 e. The second kappa shape index (κ2) is 5.32. The maximum absolute atomic E-state index is 12.7. The molecule has 20 heavy (non-hydrogen) atoms. The largest absolute Gasteiger partial charge is 0.465 e. The van der Waals surface area contributed by atoms with Crippen LogP contribution < -0.4 is 0 Å². The molecular weight excluding hydrogens is 271 g/mol. The van der Waals surface area contributed by atoms with E-state index in [4.69, 9.17) is 0 Å². The van der Waals surface area contributed by atoms with E-state index in [9.17, 15) is 18.0 Å². The van der Waals surface area contributed by atoms with E-state index in [2.05, 4.69) is 9.72 Å². The molecule has 0 fully saturated rings. The molecule has 1 aromatic carbocycles. The lowest BCUT2D eigenvalue weighted by Gasteiger charge is -2.11. The van der Waals surface area contributed by atoms with E-state index < -0.39 is 17.7 Å². The van der Waals surface area contributed by atoms with Crippen LogP contribution in [0.4, 0.5) is 13.2 Å². The lowest BCUT2D eigenvalue weighted by molar-refractivity contribution is -0.137. The van der Waals surface area contributed by atoms with Crippen molar-refractivity contribution < 1.29 is 22.7 Å². The smallest absolute Gasteiger partial charge is 0.416 e. The summed E-state index contributed by atoms with van der Waals surface area (Å²) in [5.41, 5.74) is -0.0301. The van der Waals surface area contributed by atoms with Crippen LogP contribution in [0.1, 0.15) is 15.9 Å². The Kier molecular flexibility index (Phi) is 3.74. The van der Waals surface area contributed by atoms with Crippen LogP contribution >= 0.6 is 0 Å². The molecule has 0 atom stereocenters. The Hall–Kier alpha value is -2.37. The van der Waals surface area contributed by atoms with Crippen molar-refractivity contribution in [3.8, 4) is 11.1 Å². The van der Waals surface area contributed by atoms with E-state index in [0.29, 0.717) is 5.56 Å². The molecule has 0 bridgehead atoms. The quantitative estimate of drug-likeness (QED) is 0.790. The van der Waals surface area contributed by atoms with Gasteiger partial charge in [-0.15, -0.1) is 0 Å². The summed E-state index contributed by atoms with van der Waals surface area (Å²) in [6, 6.07) is 6.22. The van der Waals surface area contributed by atoms with Crippen molar-refractivity contribution in [1.29, 1.82) is 0 Å². The molecular formula is C14H10F3NO2. The Morgan fingerprint density at radius 2 is 2.00 bits per heavy atom. The number of pyridine rings is 1. The fourth-order valence-electron chi connectivity index (χ4n) is 1.78. The number of methoxy groups -OCH3 is 1. The molecule has 0 unspecified atom stereocenters. The van der Waals surface area contributed by atoms with E-state index in [-0.39, 0.29) is 11.1 Å². The van der Waals surface area contributed by atoms with Crippen molar-refractivity contribution in [3.05, 3.63) is 53.9 Å². The summed E-state index contributed by atoms with van der Waals surface area (Å²) in [7, 11) is 1.20. The fraction of sp³-hybridized carbons (Fsp3) is 0.143. The average Bonchev–Trinajstić information content (AvgIpc) is 2.45. The molecule has 0 amide bonds. The molecule has 0 aliphatic rings. The van der Waals surface area contributed by atoms with Gasteiger partial charge in [-0.05, 0) is 29.3 Å². The minimum absolute atomic E-state index is 0.120. The number of carbonyl (C=O) groups excluding carboxylic acids is 1. The van der Waals surface area contributed by atoms with Gasteiger partial charge in [0.15, 0.2) is 0 Å². The van der Waals surface area contributed by atoms with Crippen LogP contribution in [0.25, 0.3) is 11.1 Å². The molecule has 1 aromatic heterocycles. The van der Waals surface area contributed by atoms with E-state index in [1.165, 1.54) is 37.7 Å². The first-order valence-electron chi connectivity index (χ1n) is 5.63. The van der Waals surface area contributed by atoms with Gasteiger partial charge in [-0.25, -0.2) is 4.79 Å². The highest BCUT2D eigenvalue weighted by atomic mass is 19.4. The Morgan fingerprint density at radius 1 is 1.25 bits per heavy atom. The Balaban J connectivity index is 2.55. The van der Waals surface area contributed by atoms with Crippen molar-refractivity contribution in [3.63, 3.8) is 0 Å². The van der Waals surface area contributed by atoms with E-state index >= 15 is 0 Å². The van der Waals surface area contributed by atoms with Gasteiger partial charge in [0.05, 0.1) is 18.2 Å². The molecule has 0 radical (unpaired) electrons. The first-order valence-corrected chi connectivity index (χ1v) is 5.63. The predicted octanol–water partition coefficient (Wildman–Crippen LogP) is 3.55. The molecule has 0 aliphatic carbocycles. The average molecular weight is 281 g/mol. The summed E-state index contributed by atoms with van der Waals surface area (Å²) in [5, 5.41) is 0. The highest BCUT2D eigenvalue weighted by Gasteiger charge is 2.30. The van der Waals surface area contributed by atoms with Gasteiger partial charge in [-0.2, -0.15) is 13.2 Å². The van der Waals surface area contributed by atoms with Gasteiger partial charge in [-0.1, -0.05) is 12.1 Å². The van der Waals surface area contributed by atoms with Crippen LogP contribution in [-0.4, -0.2) is 18.1 Å². The molecule has 1 heterocycles. The molecule has 0 saturated carbocycles. The maximum Gasteiger partial charge on any atom is 0.416 e. The maximum atomic E-state index is 12.7. The Labute approximate surface area is 113 Å². The van der Waals surface area contributed by atoms with Gasteiger partial charge in [0.25, 0.3) is 0 Å². The van der Waals surface area contributed by atoms with Gasteiger partial charge in [0, 0.05) is 12.4 Å². The Morgan fingerprint density at radius 3 is 2.65 bits per heavy atom.